The fourth-order valence-corrected chi connectivity index (χ4v) is 7.81. The van der Waals surface area contributed by atoms with E-state index in [1.54, 1.807) is 24.3 Å². The van der Waals surface area contributed by atoms with E-state index in [0.29, 0.717) is 16.7 Å². The van der Waals surface area contributed by atoms with E-state index in [2.05, 4.69) is 165 Å². The summed E-state index contributed by atoms with van der Waals surface area (Å²) < 4.78 is 36.5. The molecule has 0 heterocycles. The number of nitrogens with zero attached hydrogens (tertiary/aromatic N) is 4. The van der Waals surface area contributed by atoms with E-state index in [1.165, 1.54) is 51.4 Å². The molecule has 6 rings (SSSR count). The van der Waals surface area contributed by atoms with Crippen molar-refractivity contribution < 1.29 is 27.6 Å². The van der Waals surface area contributed by atoms with Gasteiger partial charge in [0, 0.05) is 52.1 Å². The van der Waals surface area contributed by atoms with Gasteiger partial charge < -0.3 is 19.6 Å². The second-order valence-electron chi connectivity index (χ2n) is 16.0. The Morgan fingerprint density at radius 2 is 0.823 bits per heavy atom. The van der Waals surface area contributed by atoms with E-state index in [1.807, 2.05) is 29.2 Å². The molecule has 2 N–H and O–H groups in total. The van der Waals surface area contributed by atoms with E-state index in [4.69, 9.17) is 5.26 Å². The summed E-state index contributed by atoms with van der Waals surface area (Å²) in [6.45, 7) is 10.8. The highest BCUT2D eigenvalue weighted by atomic mass is 32.2. The van der Waals surface area contributed by atoms with E-state index < -0.39 is 10.1 Å². The molecular formula is C50H60N4O6S2. The van der Waals surface area contributed by atoms with Crippen LogP contribution in [0.4, 0.5) is 34.1 Å². The smallest absolute Gasteiger partial charge is 0.294 e. The first-order valence-corrected chi connectivity index (χ1v) is 23.0. The zero-order valence-corrected chi connectivity index (χ0v) is 38.6. The van der Waals surface area contributed by atoms with Gasteiger partial charge in [-0.2, -0.15) is 8.42 Å². The van der Waals surface area contributed by atoms with Gasteiger partial charge in [-0.3, -0.25) is 4.55 Å². The lowest BCUT2D eigenvalue weighted by atomic mass is 9.98. The van der Waals surface area contributed by atoms with Gasteiger partial charge in [0.2, 0.25) is 0 Å². The normalized spacial score (nSPS) is 12.5. The molecule has 0 saturated carbocycles. The quantitative estimate of drug-likeness (QED) is 0.0373. The maximum atomic E-state index is 11.4. The molecule has 6 aromatic carbocycles. The van der Waals surface area contributed by atoms with E-state index in [0.717, 1.165) is 55.0 Å². The molecular weight excluding hydrogens is 817 g/mol. The highest BCUT2D eigenvalue weighted by Gasteiger charge is 2.17. The van der Waals surface area contributed by atoms with Crippen LogP contribution in [-0.2, 0) is 32.6 Å². The zero-order chi connectivity index (χ0) is 44.8. The van der Waals surface area contributed by atoms with Crippen LogP contribution in [0.1, 0.15) is 74.6 Å². The van der Waals surface area contributed by atoms with Crippen molar-refractivity contribution in [3.63, 3.8) is 0 Å². The predicted octanol–water partition coefficient (Wildman–Crippen LogP) is 13.1. The molecule has 0 aromatic heterocycles. The molecule has 0 fully saturated rings. The van der Waals surface area contributed by atoms with Crippen molar-refractivity contribution in [2.75, 3.05) is 38.0 Å². The summed E-state index contributed by atoms with van der Waals surface area (Å²) in [7, 11) is 4.15. The molecule has 0 aliphatic carbocycles. The molecule has 0 amide bonds. The minimum absolute atomic E-state index is 0.170. The molecule has 0 aliphatic heterocycles. The second kappa shape index (κ2) is 22.9. The van der Waals surface area contributed by atoms with Gasteiger partial charge in [0.15, 0.2) is 0 Å². The molecule has 12 heteroatoms. The Balaban J connectivity index is 0.000000234. The van der Waals surface area contributed by atoms with Gasteiger partial charge in [-0.25, -0.2) is 5.26 Å². The molecule has 0 bridgehead atoms. The molecule has 2 atom stereocenters. The van der Waals surface area contributed by atoms with Gasteiger partial charge >= 0.3 is 0 Å². The van der Waals surface area contributed by atoms with Gasteiger partial charge in [0.25, 0.3) is 10.1 Å². The number of hydrogen-bond donors (Lipinski definition) is 2. The number of benzene rings is 6. The summed E-state index contributed by atoms with van der Waals surface area (Å²) >= 11 is 0.860. The van der Waals surface area contributed by atoms with E-state index >= 15 is 0 Å². The monoisotopic (exact) mass is 876 g/mol. The first-order valence-electron chi connectivity index (χ1n) is 20.8. The summed E-state index contributed by atoms with van der Waals surface area (Å²) in [6, 6.07) is 48.4. The van der Waals surface area contributed by atoms with Crippen LogP contribution in [0.5, 0.6) is 0 Å². The van der Waals surface area contributed by atoms with Crippen molar-refractivity contribution in [1.29, 1.82) is 0 Å². The van der Waals surface area contributed by atoms with Crippen molar-refractivity contribution >= 4 is 56.3 Å². The molecule has 62 heavy (non-hydrogen) atoms. The van der Waals surface area contributed by atoms with E-state index in [9.17, 15) is 13.0 Å². The Hall–Kier alpha value is -5.02. The molecule has 0 aliphatic rings. The summed E-state index contributed by atoms with van der Waals surface area (Å²) in [6.07, 6.45) is 2.20. The zero-order valence-electron chi connectivity index (χ0n) is 37.0. The minimum atomic E-state index is -4.27. The van der Waals surface area contributed by atoms with Crippen LogP contribution in [0.2, 0.25) is 0 Å². The highest BCUT2D eigenvalue weighted by molar-refractivity contribution is 7.94. The number of rotatable bonds is 18. The Bertz CT molecular complexity index is 2310. The van der Waals surface area contributed by atoms with Gasteiger partial charge in [0.1, 0.15) is 0 Å². The van der Waals surface area contributed by atoms with Crippen molar-refractivity contribution in [3.8, 4) is 0 Å². The molecule has 0 spiro atoms. The fraction of sp³-hybridized carbons (Fsp3) is 0.280. The third kappa shape index (κ3) is 13.5. The van der Waals surface area contributed by atoms with Gasteiger partial charge in [-0.15, -0.1) is 4.33 Å². The van der Waals surface area contributed by atoms with Crippen LogP contribution in [0.15, 0.2) is 155 Å². The summed E-state index contributed by atoms with van der Waals surface area (Å²) in [4.78, 5) is 9.25. The van der Waals surface area contributed by atoms with Crippen molar-refractivity contribution in [2.45, 2.75) is 75.3 Å². The van der Waals surface area contributed by atoms with Crippen LogP contribution < -0.4 is 9.80 Å². The van der Waals surface area contributed by atoms with Gasteiger partial charge in [-0.1, -0.05) is 81.3 Å². The Morgan fingerprint density at radius 1 is 0.516 bits per heavy atom. The van der Waals surface area contributed by atoms with Crippen LogP contribution in [0.25, 0.3) is 0 Å². The Morgan fingerprint density at radius 3 is 1.11 bits per heavy atom. The maximum absolute atomic E-state index is 11.4. The van der Waals surface area contributed by atoms with Crippen LogP contribution >= 0.6 is 12.0 Å². The maximum Gasteiger partial charge on any atom is 0.294 e. The SMILES string of the molecule is CCC(C)c1ccc(N(c2ccc(CN(C)C)cc2)c2ccc(CN(C)C)cc2)cc1.CCC(C)c1ccc(N(c2ccc(SOOO)cc2)c2ccc(S(=O)(=O)O)cc2)cc1. The third-order valence-corrected chi connectivity index (χ3v) is 12.2. The fourth-order valence-electron chi connectivity index (χ4n) is 6.97. The standard InChI is InChI=1S/C28H37N3.C22H23NO6S2/c1-7-22(2)25-12-18-28(19-13-25)31(26-14-8-23(9-15-26)20-29(3)4)27-16-10-24(11-17-27)21-30(5)6;1-3-16(2)17-4-6-18(7-5-17)23(19-8-12-21(13-9-19)30-29-28-24)20-10-14-22(15-11-20)31(25,26)27/h8-19,22H,7,20-21H2,1-6H3;4-16,24H,3H2,1-2H3,(H,25,26,27). The molecule has 6 aromatic rings. The summed E-state index contributed by atoms with van der Waals surface area (Å²) in [5.41, 5.74) is 11.3. The molecule has 0 radical (unpaired) electrons. The largest absolute Gasteiger partial charge is 0.311 e. The number of anilines is 6. The molecule has 0 saturated heterocycles. The van der Waals surface area contributed by atoms with E-state index in [-0.39, 0.29) is 4.90 Å². The Labute approximate surface area is 373 Å². The van der Waals surface area contributed by atoms with Crippen LogP contribution in [0.3, 0.4) is 0 Å². The first kappa shape index (κ1) is 48.0. The summed E-state index contributed by atoms with van der Waals surface area (Å²) in [5.74, 6) is 1.03. The average Bonchev–Trinajstić information content (AvgIpc) is 3.27. The summed E-state index contributed by atoms with van der Waals surface area (Å²) in [5, 5.41) is 11.9. The third-order valence-electron chi connectivity index (χ3n) is 10.7. The topological polar surface area (TPSA) is 106 Å². The predicted molar refractivity (Wildman–Crippen MR) is 255 cm³/mol. The van der Waals surface area contributed by atoms with Crippen molar-refractivity contribution in [1.82, 2.24) is 9.80 Å². The van der Waals surface area contributed by atoms with Gasteiger partial charge in [-0.05, 0) is 172 Å². The molecule has 10 nitrogen and oxygen atoms in total. The lowest BCUT2D eigenvalue weighted by molar-refractivity contribution is -0.432. The second-order valence-corrected chi connectivity index (χ2v) is 18.2. The lowest BCUT2D eigenvalue weighted by Crippen LogP contribution is -2.13. The van der Waals surface area contributed by atoms with Crippen LogP contribution in [0, 0.1) is 0 Å². The molecule has 2 unspecified atom stereocenters. The average molecular weight is 877 g/mol. The molecule has 328 valence electrons. The minimum Gasteiger partial charge on any atom is -0.311 e. The van der Waals surface area contributed by atoms with Crippen LogP contribution in [-0.4, -0.2) is 56.2 Å². The highest BCUT2D eigenvalue weighted by Crippen LogP contribution is 2.38. The van der Waals surface area contributed by atoms with Crippen molar-refractivity contribution in [2.24, 2.45) is 0 Å². The van der Waals surface area contributed by atoms with Crippen molar-refractivity contribution in [3.05, 3.63) is 168 Å². The Kier molecular flexibility index (Phi) is 17.7. The number of hydrogen-bond acceptors (Lipinski definition) is 10. The van der Waals surface area contributed by atoms with Gasteiger partial charge in [0.05, 0.1) is 16.9 Å². The first-order chi connectivity index (χ1) is 29.7. The lowest BCUT2D eigenvalue weighted by Gasteiger charge is -2.26.